The SMILES string of the molecule is O=C(O)COc1cccc(O)c1OCC(=O)O. The molecule has 0 aromatic heterocycles. The first-order valence-electron chi connectivity index (χ1n) is 4.52. The van der Waals surface area contributed by atoms with Crippen molar-refractivity contribution in [3.63, 3.8) is 0 Å². The third-order valence-electron chi connectivity index (χ3n) is 1.65. The summed E-state index contributed by atoms with van der Waals surface area (Å²) < 4.78 is 9.63. The van der Waals surface area contributed by atoms with E-state index in [4.69, 9.17) is 19.7 Å². The molecule has 0 aliphatic rings. The summed E-state index contributed by atoms with van der Waals surface area (Å²) in [7, 11) is 0. The highest BCUT2D eigenvalue weighted by molar-refractivity contribution is 5.70. The summed E-state index contributed by atoms with van der Waals surface area (Å²) in [6.07, 6.45) is 0. The lowest BCUT2D eigenvalue weighted by Crippen LogP contribution is -2.13. The van der Waals surface area contributed by atoms with Gasteiger partial charge in [-0.05, 0) is 12.1 Å². The van der Waals surface area contributed by atoms with Crippen LogP contribution in [0.2, 0.25) is 0 Å². The summed E-state index contributed by atoms with van der Waals surface area (Å²) in [5.41, 5.74) is 0. The molecule has 0 saturated carbocycles. The van der Waals surface area contributed by atoms with Crippen LogP contribution in [-0.2, 0) is 9.59 Å². The second-order valence-corrected chi connectivity index (χ2v) is 2.97. The minimum absolute atomic E-state index is 0.0337. The monoisotopic (exact) mass is 242 g/mol. The topological polar surface area (TPSA) is 113 Å². The molecule has 0 radical (unpaired) electrons. The Kier molecular flexibility index (Phi) is 4.15. The fraction of sp³-hybridized carbons (Fsp3) is 0.200. The van der Waals surface area contributed by atoms with E-state index in [0.717, 1.165) is 0 Å². The molecule has 0 unspecified atom stereocenters. The molecule has 0 fully saturated rings. The summed E-state index contributed by atoms with van der Waals surface area (Å²) in [4.78, 5) is 20.6. The molecule has 1 aromatic carbocycles. The third-order valence-corrected chi connectivity index (χ3v) is 1.65. The lowest BCUT2D eigenvalue weighted by Gasteiger charge is -2.11. The highest BCUT2D eigenvalue weighted by atomic mass is 16.5. The number of phenols is 1. The molecule has 1 rings (SSSR count). The van der Waals surface area contributed by atoms with Crippen molar-refractivity contribution in [1.29, 1.82) is 0 Å². The lowest BCUT2D eigenvalue weighted by molar-refractivity contribution is -0.140. The summed E-state index contributed by atoms with van der Waals surface area (Å²) in [5.74, 6) is -2.98. The minimum Gasteiger partial charge on any atom is -0.504 e. The smallest absolute Gasteiger partial charge is 0.341 e. The Morgan fingerprint density at radius 2 is 1.65 bits per heavy atom. The Balaban J connectivity index is 2.83. The Morgan fingerprint density at radius 3 is 2.24 bits per heavy atom. The lowest BCUT2D eigenvalue weighted by atomic mass is 10.3. The normalized spacial score (nSPS) is 9.65. The van der Waals surface area contributed by atoms with E-state index in [2.05, 4.69) is 0 Å². The van der Waals surface area contributed by atoms with Gasteiger partial charge in [0.2, 0.25) is 5.75 Å². The molecular formula is C10H10O7. The third kappa shape index (κ3) is 3.90. The van der Waals surface area contributed by atoms with Crippen LogP contribution in [-0.4, -0.2) is 40.5 Å². The maximum Gasteiger partial charge on any atom is 0.341 e. The zero-order valence-electron chi connectivity index (χ0n) is 8.62. The van der Waals surface area contributed by atoms with Gasteiger partial charge in [0.25, 0.3) is 0 Å². The van der Waals surface area contributed by atoms with Crippen molar-refractivity contribution in [2.75, 3.05) is 13.2 Å². The second-order valence-electron chi connectivity index (χ2n) is 2.97. The molecule has 0 bridgehead atoms. The molecule has 0 amide bonds. The van der Waals surface area contributed by atoms with Crippen molar-refractivity contribution < 1.29 is 34.4 Å². The number of hydrogen-bond donors (Lipinski definition) is 3. The predicted octanol–water partition coefficient (Wildman–Crippen LogP) is 0.319. The maximum atomic E-state index is 10.3. The van der Waals surface area contributed by atoms with E-state index >= 15 is 0 Å². The molecule has 7 heteroatoms. The molecule has 0 spiro atoms. The van der Waals surface area contributed by atoms with Crippen LogP contribution < -0.4 is 9.47 Å². The van der Waals surface area contributed by atoms with Crippen molar-refractivity contribution in [3.8, 4) is 17.2 Å². The summed E-state index contributed by atoms with van der Waals surface area (Å²) in [6, 6.07) is 4.05. The highest BCUT2D eigenvalue weighted by Crippen LogP contribution is 2.36. The number of carboxylic acid groups (broad SMARTS) is 2. The molecule has 0 heterocycles. The van der Waals surface area contributed by atoms with Crippen LogP contribution in [0.15, 0.2) is 18.2 Å². The van der Waals surface area contributed by atoms with Crippen LogP contribution in [0, 0.1) is 0 Å². The molecule has 0 atom stereocenters. The van der Waals surface area contributed by atoms with Gasteiger partial charge in [-0.3, -0.25) is 0 Å². The quantitative estimate of drug-likeness (QED) is 0.658. The molecular weight excluding hydrogens is 232 g/mol. The number of carbonyl (C=O) groups is 2. The molecule has 0 aliphatic heterocycles. The van der Waals surface area contributed by atoms with Gasteiger partial charge in [0.1, 0.15) is 0 Å². The van der Waals surface area contributed by atoms with Gasteiger partial charge in [-0.15, -0.1) is 0 Å². The number of aromatic hydroxyl groups is 1. The van der Waals surface area contributed by atoms with E-state index in [0.29, 0.717) is 0 Å². The van der Waals surface area contributed by atoms with E-state index in [1.807, 2.05) is 0 Å². The van der Waals surface area contributed by atoms with Crippen molar-refractivity contribution in [2.45, 2.75) is 0 Å². The standard InChI is InChI=1S/C10H10O7/c11-6-2-1-3-7(16-4-8(12)13)10(6)17-5-9(14)15/h1-3,11H,4-5H2,(H,12,13)(H,14,15). The Labute approximate surface area is 95.8 Å². The van der Waals surface area contributed by atoms with Gasteiger partial charge in [0.15, 0.2) is 24.7 Å². The molecule has 1 aromatic rings. The number of carboxylic acids is 2. The van der Waals surface area contributed by atoms with E-state index in [-0.39, 0.29) is 17.2 Å². The first-order chi connectivity index (χ1) is 8.00. The average molecular weight is 242 g/mol. The fourth-order valence-corrected chi connectivity index (χ4v) is 1.04. The molecule has 0 aliphatic carbocycles. The number of phenolic OH excluding ortho intramolecular Hbond substituents is 1. The van der Waals surface area contributed by atoms with Crippen LogP contribution in [0.1, 0.15) is 0 Å². The number of aliphatic carboxylic acids is 2. The molecule has 17 heavy (non-hydrogen) atoms. The highest BCUT2D eigenvalue weighted by Gasteiger charge is 2.13. The van der Waals surface area contributed by atoms with Crippen LogP contribution >= 0.6 is 0 Å². The van der Waals surface area contributed by atoms with Crippen molar-refractivity contribution >= 4 is 11.9 Å². The van der Waals surface area contributed by atoms with E-state index in [9.17, 15) is 14.7 Å². The molecule has 92 valence electrons. The van der Waals surface area contributed by atoms with Gasteiger partial charge in [0, 0.05) is 0 Å². The van der Waals surface area contributed by atoms with Crippen molar-refractivity contribution in [3.05, 3.63) is 18.2 Å². The van der Waals surface area contributed by atoms with Crippen LogP contribution in [0.4, 0.5) is 0 Å². The maximum absolute atomic E-state index is 10.3. The van der Waals surface area contributed by atoms with Crippen LogP contribution in [0.3, 0.4) is 0 Å². The number of ether oxygens (including phenoxy) is 2. The summed E-state index contributed by atoms with van der Waals surface area (Å²) >= 11 is 0. The fourth-order valence-electron chi connectivity index (χ4n) is 1.04. The Morgan fingerprint density at radius 1 is 1.06 bits per heavy atom. The molecule has 3 N–H and O–H groups in total. The average Bonchev–Trinajstić information content (AvgIpc) is 2.24. The van der Waals surface area contributed by atoms with E-state index in [1.165, 1.54) is 18.2 Å². The largest absolute Gasteiger partial charge is 0.504 e. The summed E-state index contributed by atoms with van der Waals surface area (Å²) in [6.45, 7) is -1.28. The minimum atomic E-state index is -1.22. The molecule has 0 saturated heterocycles. The number of hydrogen-bond acceptors (Lipinski definition) is 5. The number of benzene rings is 1. The zero-order chi connectivity index (χ0) is 12.8. The zero-order valence-corrected chi connectivity index (χ0v) is 8.62. The Bertz CT molecular complexity index is 427. The van der Waals surface area contributed by atoms with Crippen molar-refractivity contribution in [1.82, 2.24) is 0 Å². The van der Waals surface area contributed by atoms with Gasteiger partial charge in [0.05, 0.1) is 0 Å². The first kappa shape index (κ1) is 12.6. The van der Waals surface area contributed by atoms with Gasteiger partial charge in [-0.25, -0.2) is 9.59 Å². The molecule has 7 nitrogen and oxygen atoms in total. The van der Waals surface area contributed by atoms with Crippen molar-refractivity contribution in [2.24, 2.45) is 0 Å². The number of rotatable bonds is 6. The Hall–Kier alpha value is -2.44. The van der Waals surface area contributed by atoms with Crippen LogP contribution in [0.25, 0.3) is 0 Å². The van der Waals surface area contributed by atoms with Gasteiger partial charge in [-0.1, -0.05) is 6.07 Å². The second kappa shape index (κ2) is 5.59. The summed E-state index contributed by atoms with van der Waals surface area (Å²) in [5, 5.41) is 26.3. The number of para-hydroxylation sites is 1. The predicted molar refractivity (Wildman–Crippen MR) is 54.4 cm³/mol. The first-order valence-corrected chi connectivity index (χ1v) is 4.52. The van der Waals surface area contributed by atoms with E-state index in [1.54, 1.807) is 0 Å². The van der Waals surface area contributed by atoms with E-state index < -0.39 is 25.2 Å². The van der Waals surface area contributed by atoms with Crippen LogP contribution in [0.5, 0.6) is 17.2 Å². The van der Waals surface area contributed by atoms with Gasteiger partial charge in [-0.2, -0.15) is 0 Å². The van der Waals surface area contributed by atoms with Gasteiger partial charge < -0.3 is 24.8 Å². The van der Waals surface area contributed by atoms with Gasteiger partial charge >= 0.3 is 11.9 Å².